The number of nitrogens with one attached hydrogen (secondary N) is 3. The SMILES string of the molecule is C1CCCNCCCCCCCNCCCCCCNCCC1. The zero-order valence-corrected chi connectivity index (χ0v) is 15.6. The van der Waals surface area contributed by atoms with Gasteiger partial charge in [-0.3, -0.25) is 0 Å². The van der Waals surface area contributed by atoms with Gasteiger partial charge in [0.2, 0.25) is 0 Å². The van der Waals surface area contributed by atoms with Crippen LogP contribution < -0.4 is 16.0 Å². The van der Waals surface area contributed by atoms with Crippen LogP contribution in [-0.2, 0) is 0 Å². The molecule has 0 bridgehead atoms. The Morgan fingerprint density at radius 2 is 0.391 bits per heavy atom. The lowest BCUT2D eigenvalue weighted by molar-refractivity contribution is 0.535. The molecule has 0 aromatic heterocycles. The Kier molecular flexibility index (Phi) is 16.6. The van der Waals surface area contributed by atoms with Crippen LogP contribution in [0.3, 0.4) is 0 Å². The first-order valence-electron chi connectivity index (χ1n) is 10.6. The summed E-state index contributed by atoms with van der Waals surface area (Å²) in [5.74, 6) is 0. The van der Waals surface area contributed by atoms with Gasteiger partial charge in [-0.2, -0.15) is 0 Å². The summed E-state index contributed by atoms with van der Waals surface area (Å²) >= 11 is 0. The van der Waals surface area contributed by atoms with Crippen LogP contribution in [0.25, 0.3) is 0 Å². The normalized spacial score (nSPS) is 24.0. The molecule has 1 rings (SSSR count). The van der Waals surface area contributed by atoms with Gasteiger partial charge in [-0.25, -0.2) is 0 Å². The Labute approximate surface area is 145 Å². The molecule has 0 spiro atoms. The quantitative estimate of drug-likeness (QED) is 0.624. The van der Waals surface area contributed by atoms with Crippen LogP contribution in [0.5, 0.6) is 0 Å². The third-order valence-electron chi connectivity index (χ3n) is 4.87. The van der Waals surface area contributed by atoms with Crippen molar-refractivity contribution in [2.45, 2.75) is 89.9 Å². The lowest BCUT2D eigenvalue weighted by atomic mass is 10.1. The van der Waals surface area contributed by atoms with Crippen LogP contribution in [-0.4, -0.2) is 39.3 Å². The summed E-state index contributed by atoms with van der Waals surface area (Å²) in [5, 5.41) is 10.8. The van der Waals surface area contributed by atoms with E-state index in [-0.39, 0.29) is 0 Å². The van der Waals surface area contributed by atoms with Gasteiger partial charge in [0.05, 0.1) is 0 Å². The van der Waals surface area contributed by atoms with Crippen molar-refractivity contribution >= 4 is 0 Å². The first kappa shape index (κ1) is 20.9. The van der Waals surface area contributed by atoms with E-state index in [1.807, 2.05) is 0 Å². The van der Waals surface area contributed by atoms with Crippen molar-refractivity contribution in [1.82, 2.24) is 16.0 Å². The molecule has 0 amide bonds. The van der Waals surface area contributed by atoms with Crippen molar-refractivity contribution in [1.29, 1.82) is 0 Å². The highest BCUT2D eigenvalue weighted by Gasteiger charge is 1.95. The minimum Gasteiger partial charge on any atom is -0.317 e. The van der Waals surface area contributed by atoms with Crippen LogP contribution in [0, 0.1) is 0 Å². The van der Waals surface area contributed by atoms with Crippen molar-refractivity contribution in [3.8, 4) is 0 Å². The molecule has 0 atom stereocenters. The fourth-order valence-electron chi connectivity index (χ4n) is 3.29. The molecule has 0 aromatic rings. The topological polar surface area (TPSA) is 36.1 Å². The molecular formula is C20H43N3. The monoisotopic (exact) mass is 325 g/mol. The van der Waals surface area contributed by atoms with Gasteiger partial charge in [0.1, 0.15) is 0 Å². The summed E-state index contributed by atoms with van der Waals surface area (Å²) in [7, 11) is 0. The molecule has 1 saturated heterocycles. The smallest absolute Gasteiger partial charge is 0.00489 e. The van der Waals surface area contributed by atoms with Crippen LogP contribution in [0.2, 0.25) is 0 Å². The van der Waals surface area contributed by atoms with Crippen molar-refractivity contribution in [2.75, 3.05) is 39.3 Å². The zero-order valence-electron chi connectivity index (χ0n) is 15.6. The largest absolute Gasteiger partial charge is 0.317 e. The Morgan fingerprint density at radius 3 is 0.609 bits per heavy atom. The van der Waals surface area contributed by atoms with E-state index in [0.717, 1.165) is 0 Å². The molecule has 0 unspecified atom stereocenters. The van der Waals surface area contributed by atoms with Crippen molar-refractivity contribution in [3.05, 3.63) is 0 Å². The van der Waals surface area contributed by atoms with E-state index in [0.29, 0.717) is 0 Å². The van der Waals surface area contributed by atoms with Crippen molar-refractivity contribution < 1.29 is 0 Å². The minimum absolute atomic E-state index is 1.22. The average Bonchev–Trinajstić information content (AvgIpc) is 2.56. The van der Waals surface area contributed by atoms with Gasteiger partial charge in [0.25, 0.3) is 0 Å². The van der Waals surface area contributed by atoms with Crippen LogP contribution in [0.4, 0.5) is 0 Å². The number of hydrogen-bond donors (Lipinski definition) is 3. The van der Waals surface area contributed by atoms with Crippen molar-refractivity contribution in [2.24, 2.45) is 0 Å². The van der Waals surface area contributed by atoms with Gasteiger partial charge >= 0.3 is 0 Å². The fourth-order valence-corrected chi connectivity index (χ4v) is 3.29. The molecule has 3 heteroatoms. The van der Waals surface area contributed by atoms with E-state index in [2.05, 4.69) is 16.0 Å². The predicted octanol–water partition coefficient (Wildman–Crippen LogP) is 4.23. The molecule has 1 fully saturated rings. The number of hydrogen-bond acceptors (Lipinski definition) is 3. The highest BCUT2D eigenvalue weighted by Crippen LogP contribution is 2.04. The molecule has 0 aromatic carbocycles. The molecule has 3 nitrogen and oxygen atoms in total. The summed E-state index contributed by atoms with van der Waals surface area (Å²) in [5.41, 5.74) is 0. The molecule has 3 N–H and O–H groups in total. The average molecular weight is 326 g/mol. The van der Waals surface area contributed by atoms with Gasteiger partial charge in [-0.1, -0.05) is 51.4 Å². The zero-order chi connectivity index (χ0) is 16.3. The summed E-state index contributed by atoms with van der Waals surface area (Å²) in [6.07, 6.45) is 19.4. The van der Waals surface area contributed by atoms with E-state index in [1.54, 1.807) is 0 Å². The van der Waals surface area contributed by atoms with Gasteiger partial charge in [-0.05, 0) is 77.8 Å². The second kappa shape index (κ2) is 18.2. The molecule has 1 heterocycles. The van der Waals surface area contributed by atoms with Crippen LogP contribution >= 0.6 is 0 Å². The Balaban J connectivity index is 2.00. The predicted molar refractivity (Wildman–Crippen MR) is 103 cm³/mol. The highest BCUT2D eigenvalue weighted by atomic mass is 14.9. The lowest BCUT2D eigenvalue weighted by Crippen LogP contribution is -2.17. The lowest BCUT2D eigenvalue weighted by Gasteiger charge is -2.06. The van der Waals surface area contributed by atoms with Crippen molar-refractivity contribution in [3.63, 3.8) is 0 Å². The third kappa shape index (κ3) is 16.5. The first-order chi connectivity index (χ1) is 11.5. The highest BCUT2D eigenvalue weighted by molar-refractivity contribution is 4.55. The fraction of sp³-hybridized carbons (Fsp3) is 1.00. The maximum atomic E-state index is 3.61. The molecule has 0 radical (unpaired) electrons. The molecular weight excluding hydrogens is 282 g/mol. The number of rotatable bonds is 0. The standard InChI is InChI=1S/C20H43N3/c1-3-9-15-21-16-10-4-2-6-12-18-23-20-14-8-7-13-19-22-17-11-5-1/h21-23H,1-20H2. The van der Waals surface area contributed by atoms with E-state index in [4.69, 9.17) is 0 Å². The Hall–Kier alpha value is -0.120. The van der Waals surface area contributed by atoms with Crippen LogP contribution in [0.15, 0.2) is 0 Å². The van der Waals surface area contributed by atoms with Gasteiger partial charge in [-0.15, -0.1) is 0 Å². The maximum Gasteiger partial charge on any atom is -0.00489 e. The van der Waals surface area contributed by atoms with E-state index in [9.17, 15) is 0 Å². The van der Waals surface area contributed by atoms with E-state index < -0.39 is 0 Å². The molecule has 1 aliphatic rings. The van der Waals surface area contributed by atoms with Gasteiger partial charge in [0.15, 0.2) is 0 Å². The maximum absolute atomic E-state index is 3.61. The van der Waals surface area contributed by atoms with E-state index >= 15 is 0 Å². The summed E-state index contributed by atoms with van der Waals surface area (Å²) in [6.45, 7) is 7.33. The second-order valence-electron chi connectivity index (χ2n) is 7.20. The van der Waals surface area contributed by atoms with Gasteiger partial charge < -0.3 is 16.0 Å². The summed E-state index contributed by atoms with van der Waals surface area (Å²) < 4.78 is 0. The van der Waals surface area contributed by atoms with Crippen LogP contribution in [0.1, 0.15) is 89.9 Å². The Morgan fingerprint density at radius 1 is 0.217 bits per heavy atom. The molecule has 138 valence electrons. The summed E-state index contributed by atoms with van der Waals surface area (Å²) in [4.78, 5) is 0. The minimum atomic E-state index is 1.22. The molecule has 0 aliphatic carbocycles. The summed E-state index contributed by atoms with van der Waals surface area (Å²) in [6, 6.07) is 0. The van der Waals surface area contributed by atoms with E-state index in [1.165, 1.54) is 129 Å². The Bertz CT molecular complexity index is 117. The second-order valence-corrected chi connectivity index (χ2v) is 7.20. The van der Waals surface area contributed by atoms with Gasteiger partial charge in [0, 0.05) is 0 Å². The molecule has 1 aliphatic heterocycles. The first-order valence-corrected chi connectivity index (χ1v) is 10.6. The molecule has 0 saturated carbocycles. The molecule has 23 heavy (non-hydrogen) atoms. The third-order valence-corrected chi connectivity index (χ3v) is 4.87.